The number of ether oxygens (including phenoxy) is 3. The third-order valence-corrected chi connectivity index (χ3v) is 8.44. The van der Waals surface area contributed by atoms with E-state index in [0.29, 0.717) is 45.9 Å². The van der Waals surface area contributed by atoms with Gasteiger partial charge in [0.15, 0.2) is 0 Å². The number of amides is 1. The second-order valence-corrected chi connectivity index (χ2v) is 11.9. The van der Waals surface area contributed by atoms with Gasteiger partial charge in [0.1, 0.15) is 24.3 Å². The maximum atomic E-state index is 12.5. The Morgan fingerprint density at radius 3 is 2.52 bits per heavy atom. The van der Waals surface area contributed by atoms with Crippen LogP contribution in [0.1, 0.15) is 11.4 Å². The lowest BCUT2D eigenvalue weighted by Crippen LogP contribution is -2.48. The number of imidazole rings is 1. The second kappa shape index (κ2) is 14.1. The molecule has 0 bridgehead atoms. The summed E-state index contributed by atoms with van der Waals surface area (Å²) in [5.74, 6) is 0.122. The van der Waals surface area contributed by atoms with Crippen LogP contribution in [-0.2, 0) is 26.5 Å². The van der Waals surface area contributed by atoms with Gasteiger partial charge in [-0.05, 0) is 48.5 Å². The molecular formula is C32H32Cl2N6O6. The van der Waals surface area contributed by atoms with Crippen LogP contribution in [-0.4, -0.2) is 77.7 Å². The number of H-pyrrole nitrogens is 1. The number of piperazine rings is 1. The average molecular weight is 668 g/mol. The molecule has 2 N–H and O–H groups in total. The molecule has 6 rings (SSSR count). The zero-order chi connectivity index (χ0) is 32.1. The maximum absolute atomic E-state index is 12.5. The lowest BCUT2D eigenvalue weighted by atomic mass is 10.0. The molecule has 2 aliphatic heterocycles. The smallest absolute Gasteiger partial charge is 0.269 e. The van der Waals surface area contributed by atoms with E-state index in [0.717, 1.165) is 31.9 Å². The zero-order valence-electron chi connectivity index (χ0n) is 24.7. The van der Waals surface area contributed by atoms with Crippen molar-refractivity contribution in [2.24, 2.45) is 0 Å². The van der Waals surface area contributed by atoms with E-state index in [-0.39, 0.29) is 30.9 Å². The first-order chi connectivity index (χ1) is 22.3. The van der Waals surface area contributed by atoms with Gasteiger partial charge in [-0.25, -0.2) is 4.98 Å². The fourth-order valence-electron chi connectivity index (χ4n) is 5.57. The van der Waals surface area contributed by atoms with Gasteiger partial charge in [0.2, 0.25) is 11.7 Å². The minimum Gasteiger partial charge on any atom is -0.491 e. The van der Waals surface area contributed by atoms with Crippen LogP contribution in [0.3, 0.4) is 0 Å². The average Bonchev–Trinajstić information content (AvgIpc) is 3.71. The Morgan fingerprint density at radius 1 is 1.09 bits per heavy atom. The normalized spacial score (nSPS) is 20.0. The SMILES string of the molecule is O=C(CN1CCN(c2ccc(OC[C@@H]3CO[C@@](Cc4ncc[nH]4)(c4ccc(Cl)cc4Cl)O3)cc2)CC1)Nc1ccc([N+](=O)[O-])cc1. The van der Waals surface area contributed by atoms with E-state index in [9.17, 15) is 14.9 Å². The van der Waals surface area contributed by atoms with Gasteiger partial charge >= 0.3 is 0 Å². The number of anilines is 2. The van der Waals surface area contributed by atoms with Gasteiger partial charge in [-0.15, -0.1) is 0 Å². The molecule has 14 heteroatoms. The minimum atomic E-state index is -1.13. The summed E-state index contributed by atoms with van der Waals surface area (Å²) in [6.45, 7) is 3.83. The van der Waals surface area contributed by atoms with Gasteiger partial charge < -0.3 is 29.4 Å². The van der Waals surface area contributed by atoms with E-state index in [1.54, 1.807) is 24.5 Å². The summed E-state index contributed by atoms with van der Waals surface area (Å²) in [6, 6.07) is 18.9. The van der Waals surface area contributed by atoms with Gasteiger partial charge in [0.25, 0.3) is 5.69 Å². The highest BCUT2D eigenvalue weighted by Crippen LogP contribution is 2.41. The van der Waals surface area contributed by atoms with E-state index in [4.69, 9.17) is 37.4 Å². The fraction of sp³-hybridized carbons (Fsp3) is 0.312. The van der Waals surface area contributed by atoms with E-state index in [1.807, 2.05) is 30.3 Å². The van der Waals surface area contributed by atoms with Crippen molar-refractivity contribution < 1.29 is 23.9 Å². The molecular weight excluding hydrogens is 635 g/mol. The molecule has 0 spiro atoms. The molecule has 2 atom stereocenters. The second-order valence-electron chi connectivity index (χ2n) is 11.1. The Bertz CT molecular complexity index is 1650. The van der Waals surface area contributed by atoms with Gasteiger partial charge in [-0.2, -0.15) is 0 Å². The molecule has 2 aliphatic rings. The number of nitro groups is 1. The molecule has 0 radical (unpaired) electrons. The van der Waals surface area contributed by atoms with Gasteiger partial charge in [0.05, 0.1) is 29.5 Å². The number of aromatic amines is 1. The number of aromatic nitrogens is 2. The number of nitro benzene ring substituents is 1. The third-order valence-electron chi connectivity index (χ3n) is 7.90. The van der Waals surface area contributed by atoms with Gasteiger partial charge in [-0.1, -0.05) is 29.3 Å². The molecule has 46 heavy (non-hydrogen) atoms. The Balaban J connectivity index is 0.980. The standard InChI is InChI=1S/C32H32Cl2N6O6/c33-22-1-10-28(29(34)17-22)32(18-30-35-11-12-36-30)45-21-27(46-32)20-44-26-8-6-24(7-9-26)39-15-13-38(14-16-39)19-31(41)37-23-2-4-25(5-3-23)40(42)43/h1-12,17,27H,13-16,18-21H2,(H,35,36)(H,37,41)/t27-,32-/m1/s1. The number of hydrogen-bond donors (Lipinski definition) is 2. The molecule has 240 valence electrons. The number of carbonyl (C=O) groups excluding carboxylic acids is 1. The zero-order valence-corrected chi connectivity index (χ0v) is 26.2. The number of rotatable bonds is 11. The molecule has 1 aromatic heterocycles. The summed E-state index contributed by atoms with van der Waals surface area (Å²) in [5.41, 5.74) is 2.25. The number of nitrogens with zero attached hydrogens (tertiary/aromatic N) is 4. The van der Waals surface area contributed by atoms with Gasteiger partial charge in [0, 0.05) is 72.7 Å². The lowest BCUT2D eigenvalue weighted by Gasteiger charge is -2.35. The fourth-order valence-corrected chi connectivity index (χ4v) is 6.12. The van der Waals surface area contributed by atoms with Crippen molar-refractivity contribution in [3.05, 3.63) is 111 Å². The number of nitrogens with one attached hydrogen (secondary N) is 2. The highest BCUT2D eigenvalue weighted by molar-refractivity contribution is 6.35. The molecule has 0 aliphatic carbocycles. The molecule has 0 unspecified atom stereocenters. The van der Waals surface area contributed by atoms with E-state index >= 15 is 0 Å². The summed E-state index contributed by atoms with van der Waals surface area (Å²) >= 11 is 12.7. The minimum absolute atomic E-state index is 0.0183. The predicted octanol–water partition coefficient (Wildman–Crippen LogP) is 5.28. The molecule has 2 saturated heterocycles. The Kier molecular flexibility index (Phi) is 9.71. The Labute approximate surface area is 275 Å². The maximum Gasteiger partial charge on any atom is 0.269 e. The predicted molar refractivity (Wildman–Crippen MR) is 174 cm³/mol. The summed E-state index contributed by atoms with van der Waals surface area (Å²) in [4.78, 5) is 34.7. The van der Waals surface area contributed by atoms with Crippen molar-refractivity contribution in [3.63, 3.8) is 0 Å². The largest absolute Gasteiger partial charge is 0.491 e. The number of benzene rings is 3. The monoisotopic (exact) mass is 666 g/mol. The Hall–Kier alpha value is -4.20. The van der Waals surface area contributed by atoms with Gasteiger partial charge in [-0.3, -0.25) is 19.8 Å². The highest BCUT2D eigenvalue weighted by atomic mass is 35.5. The summed E-state index contributed by atoms with van der Waals surface area (Å²) < 4.78 is 18.8. The van der Waals surface area contributed by atoms with Crippen LogP contribution in [0, 0.1) is 10.1 Å². The summed E-state index contributed by atoms with van der Waals surface area (Å²) in [6.07, 6.45) is 3.42. The van der Waals surface area contributed by atoms with Crippen molar-refractivity contribution in [2.45, 2.75) is 18.3 Å². The molecule has 1 amide bonds. The number of halogens is 2. The first-order valence-electron chi connectivity index (χ1n) is 14.8. The van der Waals surface area contributed by atoms with Crippen LogP contribution in [0.2, 0.25) is 10.0 Å². The van der Waals surface area contributed by atoms with Crippen molar-refractivity contribution in [3.8, 4) is 5.75 Å². The number of carbonyl (C=O) groups is 1. The van der Waals surface area contributed by atoms with Crippen molar-refractivity contribution in [1.82, 2.24) is 14.9 Å². The molecule has 2 fully saturated rings. The molecule has 12 nitrogen and oxygen atoms in total. The molecule has 4 aromatic rings. The molecule has 0 saturated carbocycles. The number of hydrogen-bond acceptors (Lipinski definition) is 9. The van der Waals surface area contributed by atoms with Crippen molar-refractivity contribution in [2.75, 3.05) is 56.2 Å². The first-order valence-corrected chi connectivity index (χ1v) is 15.5. The van der Waals surface area contributed by atoms with Crippen molar-refractivity contribution in [1.29, 1.82) is 0 Å². The first kappa shape index (κ1) is 31.8. The molecule has 3 heterocycles. The van der Waals surface area contributed by atoms with E-state index in [2.05, 4.69) is 25.1 Å². The van der Waals surface area contributed by atoms with E-state index in [1.165, 1.54) is 24.3 Å². The van der Waals surface area contributed by atoms with Crippen LogP contribution < -0.4 is 15.0 Å². The summed E-state index contributed by atoms with van der Waals surface area (Å²) in [5, 5.41) is 14.6. The van der Waals surface area contributed by atoms with Crippen LogP contribution >= 0.6 is 23.2 Å². The Morgan fingerprint density at radius 2 is 1.85 bits per heavy atom. The topological polar surface area (TPSA) is 135 Å². The van der Waals surface area contributed by atoms with Crippen LogP contribution in [0.5, 0.6) is 5.75 Å². The van der Waals surface area contributed by atoms with Crippen LogP contribution in [0.4, 0.5) is 17.1 Å². The number of non-ortho nitro benzene ring substituents is 1. The van der Waals surface area contributed by atoms with Crippen LogP contribution in [0.25, 0.3) is 0 Å². The van der Waals surface area contributed by atoms with Crippen LogP contribution in [0.15, 0.2) is 79.1 Å². The third kappa shape index (κ3) is 7.60. The quantitative estimate of drug-likeness (QED) is 0.162. The van der Waals surface area contributed by atoms with Crippen molar-refractivity contribution >= 4 is 46.2 Å². The van der Waals surface area contributed by atoms with E-state index < -0.39 is 10.7 Å². The summed E-state index contributed by atoms with van der Waals surface area (Å²) in [7, 11) is 0. The highest BCUT2D eigenvalue weighted by Gasteiger charge is 2.45. The lowest BCUT2D eigenvalue weighted by molar-refractivity contribution is -0.384. The molecule has 3 aromatic carbocycles.